The standard InChI is InChI=1S/C6H8BrN3O/c7-6-2-9-5(1-10-6)4(8)3-11/h1-2,4,11H,3,8H2. The first-order chi connectivity index (χ1) is 5.24. The van der Waals surface area contributed by atoms with Crippen molar-refractivity contribution < 1.29 is 5.11 Å². The van der Waals surface area contributed by atoms with Crippen molar-refractivity contribution in [2.24, 2.45) is 5.73 Å². The molecule has 11 heavy (non-hydrogen) atoms. The van der Waals surface area contributed by atoms with Crippen molar-refractivity contribution >= 4 is 15.9 Å². The lowest BCUT2D eigenvalue weighted by molar-refractivity contribution is 0.265. The number of aliphatic hydroxyl groups is 1. The molecule has 1 atom stereocenters. The molecule has 1 unspecified atom stereocenters. The van der Waals surface area contributed by atoms with Crippen molar-refractivity contribution in [2.75, 3.05) is 6.61 Å². The third kappa shape index (κ3) is 2.21. The quantitative estimate of drug-likeness (QED) is 0.745. The molecule has 0 saturated heterocycles. The van der Waals surface area contributed by atoms with E-state index in [1.807, 2.05) is 0 Å². The van der Waals surface area contributed by atoms with E-state index in [0.29, 0.717) is 10.3 Å². The molecular weight excluding hydrogens is 210 g/mol. The number of hydrogen-bond acceptors (Lipinski definition) is 4. The minimum absolute atomic E-state index is 0.115. The second kappa shape index (κ2) is 3.75. The van der Waals surface area contributed by atoms with Gasteiger partial charge in [-0.05, 0) is 15.9 Å². The van der Waals surface area contributed by atoms with E-state index >= 15 is 0 Å². The van der Waals surface area contributed by atoms with Crippen LogP contribution in [0.3, 0.4) is 0 Å². The number of nitrogens with zero attached hydrogens (tertiary/aromatic N) is 2. The molecule has 1 aromatic rings. The summed E-state index contributed by atoms with van der Waals surface area (Å²) in [5, 5.41) is 8.65. The van der Waals surface area contributed by atoms with E-state index in [1.54, 1.807) is 6.20 Å². The lowest BCUT2D eigenvalue weighted by atomic mass is 10.2. The molecule has 0 aromatic carbocycles. The van der Waals surface area contributed by atoms with Gasteiger partial charge in [-0.25, -0.2) is 4.98 Å². The summed E-state index contributed by atoms with van der Waals surface area (Å²) in [5.74, 6) is 0. The third-order valence-corrected chi connectivity index (χ3v) is 1.63. The van der Waals surface area contributed by atoms with Crippen LogP contribution >= 0.6 is 15.9 Å². The van der Waals surface area contributed by atoms with Crippen LogP contribution in [0.15, 0.2) is 17.0 Å². The fourth-order valence-corrected chi connectivity index (χ4v) is 0.812. The van der Waals surface area contributed by atoms with Gasteiger partial charge in [0, 0.05) is 0 Å². The molecule has 0 radical (unpaired) electrons. The Morgan fingerprint density at radius 2 is 2.27 bits per heavy atom. The Morgan fingerprint density at radius 1 is 1.55 bits per heavy atom. The van der Waals surface area contributed by atoms with Crippen molar-refractivity contribution in [1.29, 1.82) is 0 Å². The van der Waals surface area contributed by atoms with Gasteiger partial charge in [-0.2, -0.15) is 0 Å². The molecule has 0 aliphatic carbocycles. The van der Waals surface area contributed by atoms with Crippen LogP contribution < -0.4 is 5.73 Å². The van der Waals surface area contributed by atoms with E-state index in [2.05, 4.69) is 25.9 Å². The Bertz CT molecular complexity index is 226. The first kappa shape index (κ1) is 8.58. The Balaban J connectivity index is 2.81. The lowest BCUT2D eigenvalue weighted by Gasteiger charge is -2.05. The van der Waals surface area contributed by atoms with E-state index in [9.17, 15) is 0 Å². The average Bonchev–Trinajstić information content (AvgIpc) is 2.05. The molecule has 0 amide bonds. The van der Waals surface area contributed by atoms with E-state index in [-0.39, 0.29) is 6.61 Å². The van der Waals surface area contributed by atoms with Crippen molar-refractivity contribution in [3.63, 3.8) is 0 Å². The number of halogens is 1. The number of aliphatic hydroxyl groups excluding tert-OH is 1. The van der Waals surface area contributed by atoms with E-state index < -0.39 is 6.04 Å². The van der Waals surface area contributed by atoms with Crippen LogP contribution in [0.5, 0.6) is 0 Å². The van der Waals surface area contributed by atoms with Crippen molar-refractivity contribution in [2.45, 2.75) is 6.04 Å². The summed E-state index contributed by atoms with van der Waals surface area (Å²) in [6, 6.07) is -0.435. The van der Waals surface area contributed by atoms with E-state index in [0.717, 1.165) is 0 Å². The van der Waals surface area contributed by atoms with Crippen LogP contribution in [0.1, 0.15) is 11.7 Å². The highest BCUT2D eigenvalue weighted by molar-refractivity contribution is 9.10. The molecule has 60 valence electrons. The maximum Gasteiger partial charge on any atom is 0.124 e. The Labute approximate surface area is 72.6 Å². The summed E-state index contributed by atoms with van der Waals surface area (Å²) in [5.41, 5.74) is 6.07. The highest BCUT2D eigenvalue weighted by atomic mass is 79.9. The Kier molecular flexibility index (Phi) is 2.92. The molecule has 0 fully saturated rings. The number of hydrogen-bond donors (Lipinski definition) is 2. The van der Waals surface area contributed by atoms with Gasteiger partial charge in [0.1, 0.15) is 4.60 Å². The molecule has 4 nitrogen and oxygen atoms in total. The average molecular weight is 218 g/mol. The molecular formula is C6H8BrN3O. The summed E-state index contributed by atoms with van der Waals surface area (Å²) < 4.78 is 0.659. The van der Waals surface area contributed by atoms with Gasteiger partial charge in [-0.15, -0.1) is 0 Å². The summed E-state index contributed by atoms with van der Waals surface area (Å²) in [6.07, 6.45) is 3.08. The smallest absolute Gasteiger partial charge is 0.124 e. The highest BCUT2D eigenvalue weighted by Gasteiger charge is 2.04. The minimum Gasteiger partial charge on any atom is -0.394 e. The zero-order valence-electron chi connectivity index (χ0n) is 5.74. The van der Waals surface area contributed by atoms with Crippen LogP contribution in [0, 0.1) is 0 Å². The van der Waals surface area contributed by atoms with Crippen LogP contribution in [-0.4, -0.2) is 21.7 Å². The van der Waals surface area contributed by atoms with Crippen molar-refractivity contribution in [3.8, 4) is 0 Å². The van der Waals surface area contributed by atoms with Crippen LogP contribution in [0.4, 0.5) is 0 Å². The minimum atomic E-state index is -0.435. The first-order valence-corrected chi connectivity index (χ1v) is 3.87. The zero-order chi connectivity index (χ0) is 8.27. The second-order valence-corrected chi connectivity index (χ2v) is 2.87. The summed E-state index contributed by atoms with van der Waals surface area (Å²) in [6.45, 7) is -0.115. The van der Waals surface area contributed by atoms with Crippen LogP contribution in [0.2, 0.25) is 0 Å². The molecule has 0 bridgehead atoms. The normalized spacial score (nSPS) is 13.0. The second-order valence-electron chi connectivity index (χ2n) is 2.05. The fourth-order valence-electron chi connectivity index (χ4n) is 0.607. The predicted molar refractivity (Wildman–Crippen MR) is 43.7 cm³/mol. The van der Waals surface area contributed by atoms with Gasteiger partial charge in [0.25, 0.3) is 0 Å². The molecule has 1 heterocycles. The molecule has 5 heteroatoms. The molecule has 1 aromatic heterocycles. The van der Waals surface area contributed by atoms with Gasteiger partial charge in [-0.3, -0.25) is 4.98 Å². The van der Waals surface area contributed by atoms with Gasteiger partial charge in [0.05, 0.1) is 30.7 Å². The maximum absolute atomic E-state index is 8.65. The Morgan fingerprint density at radius 3 is 2.73 bits per heavy atom. The topological polar surface area (TPSA) is 72.0 Å². The monoisotopic (exact) mass is 217 g/mol. The summed E-state index contributed by atoms with van der Waals surface area (Å²) >= 11 is 3.14. The molecule has 0 aliphatic rings. The third-order valence-electron chi connectivity index (χ3n) is 1.22. The Hall–Kier alpha value is -0.520. The van der Waals surface area contributed by atoms with Crippen molar-refractivity contribution in [3.05, 3.63) is 22.7 Å². The number of nitrogens with two attached hydrogens (primary N) is 1. The van der Waals surface area contributed by atoms with E-state index in [1.165, 1.54) is 6.20 Å². The van der Waals surface area contributed by atoms with Gasteiger partial charge in [-0.1, -0.05) is 0 Å². The molecule has 0 saturated carbocycles. The van der Waals surface area contributed by atoms with Crippen molar-refractivity contribution in [1.82, 2.24) is 9.97 Å². The lowest BCUT2D eigenvalue weighted by Crippen LogP contribution is -2.16. The first-order valence-electron chi connectivity index (χ1n) is 3.08. The SMILES string of the molecule is NC(CO)c1cnc(Br)cn1. The van der Waals surface area contributed by atoms with Gasteiger partial charge < -0.3 is 10.8 Å². The van der Waals surface area contributed by atoms with Gasteiger partial charge in [0.2, 0.25) is 0 Å². The summed E-state index contributed by atoms with van der Waals surface area (Å²) in [7, 11) is 0. The molecule has 3 N–H and O–H groups in total. The number of aromatic nitrogens is 2. The van der Waals surface area contributed by atoms with Crippen LogP contribution in [-0.2, 0) is 0 Å². The zero-order valence-corrected chi connectivity index (χ0v) is 7.32. The molecule has 0 aliphatic heterocycles. The van der Waals surface area contributed by atoms with Gasteiger partial charge in [0.15, 0.2) is 0 Å². The molecule has 0 spiro atoms. The fraction of sp³-hybridized carbons (Fsp3) is 0.333. The predicted octanol–water partition coefficient (Wildman–Crippen LogP) is 0.231. The largest absolute Gasteiger partial charge is 0.394 e. The molecule has 1 rings (SSSR count). The highest BCUT2D eigenvalue weighted by Crippen LogP contribution is 2.07. The summed E-state index contributed by atoms with van der Waals surface area (Å²) in [4.78, 5) is 7.87. The maximum atomic E-state index is 8.65. The van der Waals surface area contributed by atoms with Gasteiger partial charge >= 0.3 is 0 Å². The van der Waals surface area contributed by atoms with Crippen LogP contribution in [0.25, 0.3) is 0 Å². The van der Waals surface area contributed by atoms with E-state index in [4.69, 9.17) is 10.8 Å². The number of rotatable bonds is 2.